The molecule has 18 heavy (non-hydrogen) atoms. The van der Waals surface area contributed by atoms with Crippen LogP contribution < -0.4 is 5.73 Å². The van der Waals surface area contributed by atoms with Crippen LogP contribution in [0.25, 0.3) is 11.1 Å². The highest BCUT2D eigenvalue weighted by atomic mass is 19.1. The fourth-order valence-electron chi connectivity index (χ4n) is 1.73. The van der Waals surface area contributed by atoms with E-state index < -0.39 is 11.8 Å². The van der Waals surface area contributed by atoms with Gasteiger partial charge in [-0.05, 0) is 30.2 Å². The van der Waals surface area contributed by atoms with Gasteiger partial charge in [-0.3, -0.25) is 4.68 Å². The first kappa shape index (κ1) is 12.1. The molecule has 0 spiro atoms. The van der Waals surface area contributed by atoms with Crippen molar-refractivity contribution in [2.45, 2.75) is 6.92 Å². The first-order valence-electron chi connectivity index (χ1n) is 5.23. The van der Waals surface area contributed by atoms with E-state index in [0.717, 1.165) is 0 Å². The second-order valence-electron chi connectivity index (χ2n) is 4.00. The Morgan fingerprint density at radius 3 is 2.67 bits per heavy atom. The zero-order valence-corrected chi connectivity index (χ0v) is 9.94. The van der Waals surface area contributed by atoms with Crippen LogP contribution in [-0.4, -0.2) is 20.9 Å². The summed E-state index contributed by atoms with van der Waals surface area (Å²) in [7, 11) is 1.65. The molecule has 0 aliphatic heterocycles. The fourth-order valence-corrected chi connectivity index (χ4v) is 1.73. The largest absolute Gasteiger partial charge is 0.478 e. The number of nitrogens with zero attached hydrogens (tertiary/aromatic N) is 2. The molecule has 5 nitrogen and oxygen atoms in total. The molecule has 1 heterocycles. The van der Waals surface area contributed by atoms with Gasteiger partial charge in [0.15, 0.2) is 0 Å². The minimum Gasteiger partial charge on any atom is -0.478 e. The highest BCUT2D eigenvalue weighted by Crippen LogP contribution is 2.28. The van der Waals surface area contributed by atoms with Crippen LogP contribution in [0.2, 0.25) is 0 Å². The Balaban J connectivity index is 2.66. The third-order valence-electron chi connectivity index (χ3n) is 2.87. The van der Waals surface area contributed by atoms with Crippen molar-refractivity contribution in [1.29, 1.82) is 0 Å². The zero-order valence-electron chi connectivity index (χ0n) is 9.94. The summed E-state index contributed by atoms with van der Waals surface area (Å²) in [6.07, 6.45) is 1.48. The van der Waals surface area contributed by atoms with Gasteiger partial charge in [-0.15, -0.1) is 0 Å². The lowest BCUT2D eigenvalue weighted by Crippen LogP contribution is -2.03. The Kier molecular flexibility index (Phi) is 2.78. The third-order valence-corrected chi connectivity index (χ3v) is 2.87. The molecule has 0 aliphatic carbocycles. The summed E-state index contributed by atoms with van der Waals surface area (Å²) in [5.41, 5.74) is 6.73. The third kappa shape index (κ3) is 1.81. The van der Waals surface area contributed by atoms with Crippen molar-refractivity contribution in [1.82, 2.24) is 9.78 Å². The predicted molar refractivity (Wildman–Crippen MR) is 64.7 cm³/mol. The Bertz CT molecular complexity index is 634. The molecule has 1 aromatic carbocycles. The number of aromatic carboxylic acids is 1. The van der Waals surface area contributed by atoms with Gasteiger partial charge in [0.2, 0.25) is 0 Å². The molecule has 6 heteroatoms. The van der Waals surface area contributed by atoms with Gasteiger partial charge in [-0.1, -0.05) is 0 Å². The fraction of sp³-hybridized carbons (Fsp3) is 0.167. The summed E-state index contributed by atoms with van der Waals surface area (Å²) in [4.78, 5) is 11.0. The normalized spacial score (nSPS) is 10.6. The molecule has 0 aliphatic rings. The van der Waals surface area contributed by atoms with Gasteiger partial charge in [-0.2, -0.15) is 5.10 Å². The van der Waals surface area contributed by atoms with Crippen molar-refractivity contribution in [3.05, 3.63) is 35.3 Å². The van der Waals surface area contributed by atoms with E-state index in [0.29, 0.717) is 16.9 Å². The maximum atomic E-state index is 13.7. The van der Waals surface area contributed by atoms with Crippen molar-refractivity contribution in [2.24, 2.45) is 7.05 Å². The lowest BCUT2D eigenvalue weighted by Gasteiger charge is -2.07. The highest BCUT2D eigenvalue weighted by Gasteiger charge is 2.16. The molecule has 1 aromatic heterocycles. The van der Waals surface area contributed by atoms with Gasteiger partial charge in [0.1, 0.15) is 11.6 Å². The van der Waals surface area contributed by atoms with Crippen LogP contribution in [-0.2, 0) is 7.05 Å². The second kappa shape index (κ2) is 4.14. The topological polar surface area (TPSA) is 81.1 Å². The van der Waals surface area contributed by atoms with E-state index >= 15 is 0 Å². The molecule has 0 bridgehead atoms. The minimum atomic E-state index is -1.17. The van der Waals surface area contributed by atoms with Gasteiger partial charge in [-0.25, -0.2) is 9.18 Å². The van der Waals surface area contributed by atoms with Crippen molar-refractivity contribution < 1.29 is 14.3 Å². The molecule has 0 atom stereocenters. The number of carboxylic acids is 1. The first-order chi connectivity index (χ1) is 8.41. The smallest absolute Gasteiger partial charge is 0.336 e. The number of carboxylic acid groups (broad SMARTS) is 1. The molecule has 3 N–H and O–H groups in total. The van der Waals surface area contributed by atoms with Gasteiger partial charge < -0.3 is 10.8 Å². The number of hydrogen-bond acceptors (Lipinski definition) is 3. The SMILES string of the molecule is Cc1c(F)cc(-c2cnn(C)c2N)cc1C(=O)O. The average Bonchev–Trinajstić information content (AvgIpc) is 2.63. The molecular weight excluding hydrogens is 237 g/mol. The van der Waals surface area contributed by atoms with Gasteiger partial charge in [0.05, 0.1) is 11.8 Å². The monoisotopic (exact) mass is 249 g/mol. The number of aromatic nitrogens is 2. The molecule has 2 rings (SSSR count). The maximum Gasteiger partial charge on any atom is 0.336 e. The first-order valence-corrected chi connectivity index (χ1v) is 5.23. The van der Waals surface area contributed by atoms with Gasteiger partial charge in [0, 0.05) is 12.6 Å². The van der Waals surface area contributed by atoms with E-state index in [4.69, 9.17) is 10.8 Å². The average molecular weight is 249 g/mol. The van der Waals surface area contributed by atoms with E-state index in [1.807, 2.05) is 0 Å². The highest BCUT2D eigenvalue weighted by molar-refractivity contribution is 5.91. The molecular formula is C12H12FN3O2. The molecule has 0 saturated heterocycles. The molecule has 2 aromatic rings. The quantitative estimate of drug-likeness (QED) is 0.850. The van der Waals surface area contributed by atoms with E-state index in [9.17, 15) is 9.18 Å². The molecule has 0 amide bonds. The lowest BCUT2D eigenvalue weighted by molar-refractivity contribution is 0.0695. The molecule has 0 saturated carbocycles. The lowest BCUT2D eigenvalue weighted by atomic mass is 10.0. The summed E-state index contributed by atoms with van der Waals surface area (Å²) in [6.45, 7) is 1.43. The van der Waals surface area contributed by atoms with Crippen LogP contribution >= 0.6 is 0 Å². The van der Waals surface area contributed by atoms with Gasteiger partial charge >= 0.3 is 5.97 Å². The number of benzene rings is 1. The van der Waals surface area contributed by atoms with Crippen LogP contribution in [0.15, 0.2) is 18.3 Å². The van der Waals surface area contributed by atoms with Crippen LogP contribution in [0, 0.1) is 12.7 Å². The number of rotatable bonds is 2. The minimum absolute atomic E-state index is 0.0757. The molecule has 0 radical (unpaired) electrons. The number of nitrogens with two attached hydrogens (primary N) is 1. The summed E-state index contributed by atoms with van der Waals surface area (Å²) in [6, 6.07) is 2.66. The molecule has 94 valence electrons. The van der Waals surface area contributed by atoms with Crippen molar-refractivity contribution >= 4 is 11.8 Å². The van der Waals surface area contributed by atoms with Crippen LogP contribution in [0.3, 0.4) is 0 Å². The van der Waals surface area contributed by atoms with Crippen LogP contribution in [0.4, 0.5) is 10.2 Å². The molecule has 0 fully saturated rings. The second-order valence-corrected chi connectivity index (χ2v) is 4.00. The number of halogens is 1. The van der Waals surface area contributed by atoms with Crippen LogP contribution in [0.1, 0.15) is 15.9 Å². The van der Waals surface area contributed by atoms with E-state index in [1.165, 1.54) is 29.9 Å². The Morgan fingerprint density at radius 1 is 1.50 bits per heavy atom. The van der Waals surface area contributed by atoms with Crippen molar-refractivity contribution in [2.75, 3.05) is 5.73 Å². The number of anilines is 1. The summed E-state index contributed by atoms with van der Waals surface area (Å²) in [5, 5.41) is 13.0. The van der Waals surface area contributed by atoms with E-state index in [1.54, 1.807) is 7.05 Å². The van der Waals surface area contributed by atoms with E-state index in [-0.39, 0.29) is 11.1 Å². The van der Waals surface area contributed by atoms with E-state index in [2.05, 4.69) is 5.10 Å². The Hall–Kier alpha value is -2.37. The predicted octanol–water partition coefficient (Wildman–Crippen LogP) is 1.82. The summed E-state index contributed by atoms with van der Waals surface area (Å²) >= 11 is 0. The zero-order chi connectivity index (χ0) is 13.4. The van der Waals surface area contributed by atoms with Crippen molar-refractivity contribution in [3.8, 4) is 11.1 Å². The summed E-state index contributed by atoms with van der Waals surface area (Å²) in [5.74, 6) is -1.39. The maximum absolute atomic E-state index is 13.7. The summed E-state index contributed by atoms with van der Waals surface area (Å²) < 4.78 is 15.1. The number of hydrogen-bond donors (Lipinski definition) is 2. The number of aryl methyl sites for hydroxylation is 1. The van der Waals surface area contributed by atoms with Crippen molar-refractivity contribution in [3.63, 3.8) is 0 Å². The molecule has 0 unspecified atom stereocenters. The van der Waals surface area contributed by atoms with Gasteiger partial charge in [0.25, 0.3) is 0 Å². The number of nitrogen functional groups attached to an aromatic ring is 1. The Morgan fingerprint density at radius 2 is 2.17 bits per heavy atom. The number of carbonyl (C=O) groups is 1. The Labute approximate surface area is 103 Å². The van der Waals surface area contributed by atoms with Crippen LogP contribution in [0.5, 0.6) is 0 Å². The standard InChI is InChI=1S/C12H12FN3O2/c1-6-8(12(17)18)3-7(4-10(6)13)9-5-15-16(2)11(9)14/h3-5H,14H2,1-2H3,(H,17,18).